The predicted molar refractivity (Wildman–Crippen MR) is 73.9 cm³/mol. The van der Waals surface area contributed by atoms with E-state index < -0.39 is 11.9 Å². The highest BCUT2D eigenvalue weighted by molar-refractivity contribution is 6.06. The molecule has 1 aromatic rings. The van der Waals surface area contributed by atoms with E-state index in [4.69, 9.17) is 15.9 Å². The van der Waals surface area contributed by atoms with Crippen molar-refractivity contribution in [2.24, 2.45) is 5.73 Å². The maximum atomic E-state index is 11.8. The van der Waals surface area contributed by atoms with Gasteiger partial charge < -0.3 is 15.4 Å². The number of carbonyl (C=O) groups excluding carboxylic acids is 2. The van der Waals surface area contributed by atoms with Crippen LogP contribution in [0, 0.1) is 5.41 Å². The number of guanidine groups is 1. The van der Waals surface area contributed by atoms with Crippen LogP contribution in [0.1, 0.15) is 24.2 Å². The van der Waals surface area contributed by atoms with Gasteiger partial charge in [0.25, 0.3) is 11.8 Å². The third-order valence-corrected chi connectivity index (χ3v) is 2.87. The number of carbonyl (C=O) groups is 2. The minimum atomic E-state index is -0.489. The molecule has 0 saturated carbocycles. The lowest BCUT2D eigenvalue weighted by Crippen LogP contribution is -2.43. The van der Waals surface area contributed by atoms with Crippen LogP contribution in [-0.2, 0) is 4.79 Å². The van der Waals surface area contributed by atoms with Crippen LogP contribution in [0.5, 0.6) is 5.75 Å². The Balaban J connectivity index is 2.35. The number of nitrogens with one attached hydrogen (secondary N) is 2. The van der Waals surface area contributed by atoms with E-state index in [1.54, 1.807) is 17.0 Å². The zero-order chi connectivity index (χ0) is 14.9. The van der Waals surface area contributed by atoms with Crippen LogP contribution in [0.4, 0.5) is 5.69 Å². The summed E-state index contributed by atoms with van der Waals surface area (Å²) < 4.78 is 5.36. The van der Waals surface area contributed by atoms with Gasteiger partial charge in [-0.2, -0.15) is 0 Å². The van der Waals surface area contributed by atoms with Gasteiger partial charge in [0.05, 0.1) is 5.69 Å². The van der Waals surface area contributed by atoms with E-state index in [0.29, 0.717) is 17.0 Å². The molecule has 1 aromatic carbocycles. The summed E-state index contributed by atoms with van der Waals surface area (Å²) in [5.41, 5.74) is 6.07. The molecule has 7 heteroatoms. The summed E-state index contributed by atoms with van der Waals surface area (Å²) in [5.74, 6) is -0.563. The Bertz CT molecular complexity index is 583. The zero-order valence-corrected chi connectivity index (χ0v) is 11.3. The second-order valence-electron chi connectivity index (χ2n) is 4.70. The van der Waals surface area contributed by atoms with E-state index in [2.05, 4.69) is 5.32 Å². The average Bonchev–Trinajstić information content (AvgIpc) is 2.36. The van der Waals surface area contributed by atoms with Gasteiger partial charge in [-0.3, -0.25) is 20.3 Å². The lowest BCUT2D eigenvalue weighted by molar-refractivity contribution is -0.121. The van der Waals surface area contributed by atoms with Crippen molar-refractivity contribution in [2.45, 2.75) is 19.9 Å². The third kappa shape index (κ3) is 2.56. The summed E-state index contributed by atoms with van der Waals surface area (Å²) in [7, 11) is 0. The zero-order valence-electron chi connectivity index (χ0n) is 11.3. The smallest absolute Gasteiger partial charge is 0.265 e. The maximum Gasteiger partial charge on any atom is 0.265 e. The highest BCUT2D eigenvalue weighted by atomic mass is 16.5. The van der Waals surface area contributed by atoms with Crippen LogP contribution in [-0.4, -0.2) is 30.4 Å². The quantitative estimate of drug-likeness (QED) is 0.538. The molecule has 0 radical (unpaired) electrons. The molecule has 0 spiro atoms. The number of nitrogens with zero attached hydrogens (tertiary/aromatic N) is 1. The molecular weight excluding hydrogens is 260 g/mol. The molecular formula is C13H16N4O3. The normalized spacial score (nSPS) is 13.8. The molecule has 0 bridgehead atoms. The second-order valence-corrected chi connectivity index (χ2v) is 4.70. The lowest BCUT2D eigenvalue weighted by atomic mass is 10.1. The summed E-state index contributed by atoms with van der Waals surface area (Å²) in [6.45, 7) is 3.76. The molecule has 0 aliphatic carbocycles. The van der Waals surface area contributed by atoms with Gasteiger partial charge in [-0.15, -0.1) is 0 Å². The van der Waals surface area contributed by atoms with Gasteiger partial charge in [0.15, 0.2) is 12.6 Å². The molecule has 0 unspecified atom stereocenters. The van der Waals surface area contributed by atoms with E-state index in [9.17, 15) is 9.59 Å². The fourth-order valence-electron chi connectivity index (χ4n) is 2.07. The number of amides is 2. The number of benzene rings is 1. The monoisotopic (exact) mass is 276 g/mol. The first kappa shape index (κ1) is 13.9. The van der Waals surface area contributed by atoms with Crippen molar-refractivity contribution >= 4 is 23.5 Å². The SMILES string of the molecule is CC(C)N1C(=O)COc2cc(C(=O)NC(=N)N)ccc21. The molecule has 1 aliphatic heterocycles. The first-order valence-corrected chi connectivity index (χ1v) is 6.14. The summed E-state index contributed by atoms with van der Waals surface area (Å²) in [5, 5.41) is 9.23. The topological polar surface area (TPSA) is 109 Å². The van der Waals surface area contributed by atoms with Crippen molar-refractivity contribution in [3.05, 3.63) is 23.8 Å². The van der Waals surface area contributed by atoms with E-state index in [1.165, 1.54) is 6.07 Å². The largest absolute Gasteiger partial charge is 0.482 e. The molecule has 7 nitrogen and oxygen atoms in total. The van der Waals surface area contributed by atoms with Crippen molar-refractivity contribution in [2.75, 3.05) is 11.5 Å². The average molecular weight is 276 g/mol. The van der Waals surface area contributed by atoms with E-state index in [1.807, 2.05) is 13.8 Å². The van der Waals surface area contributed by atoms with Crippen molar-refractivity contribution in [3.8, 4) is 5.75 Å². The summed E-state index contributed by atoms with van der Waals surface area (Å²) in [6.07, 6.45) is 0. The minimum absolute atomic E-state index is 0.00189. The molecule has 20 heavy (non-hydrogen) atoms. The van der Waals surface area contributed by atoms with Crippen molar-refractivity contribution in [1.29, 1.82) is 5.41 Å². The Kier molecular flexibility index (Phi) is 3.60. The molecule has 0 fully saturated rings. The standard InChI is InChI=1S/C13H16N4O3/c1-7(2)17-9-4-3-8(12(19)16-13(14)15)5-10(9)20-6-11(17)18/h3-5,7H,6H2,1-2H3,(H4,14,15,16,19). The second kappa shape index (κ2) is 5.20. The number of hydrogen-bond donors (Lipinski definition) is 3. The van der Waals surface area contributed by atoms with Crippen LogP contribution >= 0.6 is 0 Å². The highest BCUT2D eigenvalue weighted by Gasteiger charge is 2.28. The van der Waals surface area contributed by atoms with E-state index in [0.717, 1.165) is 0 Å². The first-order chi connectivity index (χ1) is 9.40. The third-order valence-electron chi connectivity index (χ3n) is 2.87. The van der Waals surface area contributed by atoms with Crippen molar-refractivity contribution in [3.63, 3.8) is 0 Å². The molecule has 106 valence electrons. The maximum absolute atomic E-state index is 11.8. The Morgan fingerprint density at radius 3 is 2.80 bits per heavy atom. The fraction of sp³-hybridized carbons (Fsp3) is 0.308. The molecule has 1 aliphatic rings. The molecule has 0 atom stereocenters. The van der Waals surface area contributed by atoms with Gasteiger partial charge >= 0.3 is 0 Å². The Morgan fingerprint density at radius 1 is 1.50 bits per heavy atom. The Morgan fingerprint density at radius 2 is 2.20 bits per heavy atom. The van der Waals surface area contributed by atoms with Gasteiger partial charge in [0.1, 0.15) is 5.75 Å². The number of rotatable bonds is 2. The molecule has 1 heterocycles. The van der Waals surface area contributed by atoms with Crippen LogP contribution < -0.4 is 20.7 Å². The van der Waals surface area contributed by atoms with Gasteiger partial charge in [0.2, 0.25) is 0 Å². The molecule has 0 saturated heterocycles. The Hall–Kier alpha value is -2.57. The molecule has 2 rings (SSSR count). The number of nitrogens with two attached hydrogens (primary N) is 1. The number of fused-ring (bicyclic) bond motifs is 1. The van der Waals surface area contributed by atoms with E-state index >= 15 is 0 Å². The van der Waals surface area contributed by atoms with Gasteiger partial charge in [-0.25, -0.2) is 0 Å². The highest BCUT2D eigenvalue weighted by Crippen LogP contribution is 2.34. The molecule has 4 N–H and O–H groups in total. The fourth-order valence-corrected chi connectivity index (χ4v) is 2.07. The predicted octanol–water partition coefficient (Wildman–Crippen LogP) is 0.444. The minimum Gasteiger partial charge on any atom is -0.482 e. The van der Waals surface area contributed by atoms with Crippen molar-refractivity contribution in [1.82, 2.24) is 5.32 Å². The number of hydrogen-bond acceptors (Lipinski definition) is 4. The van der Waals surface area contributed by atoms with Crippen LogP contribution in [0.2, 0.25) is 0 Å². The lowest BCUT2D eigenvalue weighted by Gasteiger charge is -2.32. The molecule has 0 aromatic heterocycles. The van der Waals surface area contributed by atoms with Crippen LogP contribution in [0.15, 0.2) is 18.2 Å². The van der Waals surface area contributed by atoms with Gasteiger partial charge in [-0.1, -0.05) is 0 Å². The van der Waals surface area contributed by atoms with Crippen LogP contribution in [0.25, 0.3) is 0 Å². The Labute approximate surface area is 116 Å². The summed E-state index contributed by atoms with van der Waals surface area (Å²) >= 11 is 0. The van der Waals surface area contributed by atoms with E-state index in [-0.39, 0.29) is 18.6 Å². The summed E-state index contributed by atoms with van der Waals surface area (Å²) in [6, 6.07) is 4.76. The first-order valence-electron chi connectivity index (χ1n) is 6.14. The summed E-state index contributed by atoms with van der Waals surface area (Å²) in [4.78, 5) is 25.2. The van der Waals surface area contributed by atoms with Gasteiger partial charge in [0, 0.05) is 11.6 Å². The van der Waals surface area contributed by atoms with Gasteiger partial charge in [-0.05, 0) is 32.0 Å². The van der Waals surface area contributed by atoms with Crippen LogP contribution in [0.3, 0.4) is 0 Å². The number of ether oxygens (including phenoxy) is 1. The number of anilines is 1. The molecule has 2 amide bonds. The van der Waals surface area contributed by atoms with Crippen molar-refractivity contribution < 1.29 is 14.3 Å².